The molecule has 2 fully saturated rings. The highest BCUT2D eigenvalue weighted by Crippen LogP contribution is 2.32. The molecule has 3 aromatic carbocycles. The third kappa shape index (κ3) is 4.45. The summed E-state index contributed by atoms with van der Waals surface area (Å²) in [5.41, 5.74) is 1.60. The van der Waals surface area contributed by atoms with Crippen LogP contribution in [-0.2, 0) is 9.47 Å². The molecule has 0 radical (unpaired) electrons. The lowest BCUT2D eigenvalue weighted by Gasteiger charge is -2.30. The van der Waals surface area contributed by atoms with Crippen molar-refractivity contribution in [2.45, 2.75) is 5.60 Å². The maximum absolute atomic E-state index is 13.6. The Labute approximate surface area is 196 Å². The molecule has 1 spiro atoms. The van der Waals surface area contributed by atoms with Crippen LogP contribution in [0, 0.1) is 5.82 Å². The van der Waals surface area contributed by atoms with Gasteiger partial charge >= 0.3 is 6.09 Å². The Hall–Kier alpha value is -3.91. The van der Waals surface area contributed by atoms with Gasteiger partial charge in [0.15, 0.2) is 5.60 Å². The van der Waals surface area contributed by atoms with E-state index in [0.29, 0.717) is 30.1 Å². The predicted molar refractivity (Wildman–Crippen MR) is 126 cm³/mol. The molecule has 2 saturated heterocycles. The van der Waals surface area contributed by atoms with Crippen LogP contribution < -0.4 is 10.2 Å². The van der Waals surface area contributed by atoms with Crippen LogP contribution in [0.2, 0.25) is 0 Å². The lowest BCUT2D eigenvalue weighted by Crippen LogP contribution is -2.49. The molecule has 0 saturated carbocycles. The van der Waals surface area contributed by atoms with Crippen LogP contribution in [-0.4, -0.2) is 55.3 Å². The minimum atomic E-state index is -1.01. The molecule has 2 heterocycles. The Morgan fingerprint density at radius 3 is 2.47 bits per heavy atom. The zero-order valence-electron chi connectivity index (χ0n) is 18.4. The molecule has 7 nitrogen and oxygen atoms in total. The molecule has 34 heavy (non-hydrogen) atoms. The standard InChI is InChI=1S/C26H24FN3O4/c27-19-10-12-21(13-11-19)30-17-26(34-25(30)32)16-29(14-15-33-18-26)24(31)22-8-4-5-9-23(22)28-20-6-2-1-3-7-20/h1-13,28H,14-18H2/t26-/m0/s1. The topological polar surface area (TPSA) is 71.1 Å². The Bertz CT molecular complexity index is 1190. The summed E-state index contributed by atoms with van der Waals surface area (Å²) in [5, 5.41) is 3.31. The molecule has 2 aliphatic rings. The van der Waals surface area contributed by atoms with E-state index in [2.05, 4.69) is 5.32 Å². The highest BCUT2D eigenvalue weighted by molar-refractivity contribution is 6.00. The first kappa shape index (κ1) is 21.9. The van der Waals surface area contributed by atoms with Gasteiger partial charge in [-0.3, -0.25) is 9.69 Å². The number of hydrogen-bond acceptors (Lipinski definition) is 5. The van der Waals surface area contributed by atoms with Crippen molar-refractivity contribution in [2.75, 3.05) is 43.1 Å². The van der Waals surface area contributed by atoms with Crippen LogP contribution in [0.4, 0.5) is 26.2 Å². The lowest BCUT2D eigenvalue weighted by atomic mass is 10.0. The number of para-hydroxylation sites is 2. The molecule has 1 atom stereocenters. The van der Waals surface area contributed by atoms with E-state index in [0.717, 1.165) is 5.69 Å². The summed E-state index contributed by atoms with van der Waals surface area (Å²) in [5.74, 6) is -0.566. The van der Waals surface area contributed by atoms with E-state index in [4.69, 9.17) is 9.47 Å². The van der Waals surface area contributed by atoms with Gasteiger partial charge in [-0.1, -0.05) is 30.3 Å². The van der Waals surface area contributed by atoms with Crippen LogP contribution >= 0.6 is 0 Å². The minimum Gasteiger partial charge on any atom is -0.436 e. The lowest BCUT2D eigenvalue weighted by molar-refractivity contribution is -0.0140. The first-order valence-electron chi connectivity index (χ1n) is 11.1. The highest BCUT2D eigenvalue weighted by atomic mass is 19.1. The fraction of sp³-hybridized carbons (Fsp3) is 0.231. The SMILES string of the molecule is O=C(c1ccccc1Nc1ccccc1)N1CCOC[C@]2(C1)CN(c1ccc(F)cc1)C(=O)O2. The van der Waals surface area contributed by atoms with E-state index in [1.165, 1.54) is 29.2 Å². The molecule has 1 N–H and O–H groups in total. The Morgan fingerprint density at radius 2 is 1.68 bits per heavy atom. The van der Waals surface area contributed by atoms with Crippen molar-refractivity contribution in [3.05, 3.63) is 90.2 Å². The van der Waals surface area contributed by atoms with Crippen molar-refractivity contribution in [3.8, 4) is 0 Å². The van der Waals surface area contributed by atoms with Crippen LogP contribution in [0.3, 0.4) is 0 Å². The number of carbonyl (C=O) groups is 2. The molecular formula is C26H24FN3O4. The van der Waals surface area contributed by atoms with Crippen molar-refractivity contribution in [1.82, 2.24) is 4.90 Å². The highest BCUT2D eigenvalue weighted by Gasteiger charge is 2.49. The first-order chi connectivity index (χ1) is 16.5. The van der Waals surface area contributed by atoms with Crippen molar-refractivity contribution in [3.63, 3.8) is 0 Å². The Balaban J connectivity index is 1.38. The average Bonchev–Trinajstić information content (AvgIpc) is 3.03. The van der Waals surface area contributed by atoms with Gasteiger partial charge < -0.3 is 19.7 Å². The minimum absolute atomic E-state index is 0.171. The Kier molecular flexibility index (Phi) is 5.90. The molecule has 0 aromatic heterocycles. The predicted octanol–water partition coefficient (Wildman–Crippen LogP) is 4.44. The smallest absolute Gasteiger partial charge is 0.415 e. The summed E-state index contributed by atoms with van der Waals surface area (Å²) in [6, 6.07) is 22.6. The van der Waals surface area contributed by atoms with Gasteiger partial charge in [-0.05, 0) is 48.5 Å². The molecular weight excluding hydrogens is 437 g/mol. The molecule has 0 unspecified atom stereocenters. The number of anilines is 3. The van der Waals surface area contributed by atoms with E-state index in [-0.39, 0.29) is 31.4 Å². The van der Waals surface area contributed by atoms with Gasteiger partial charge in [-0.15, -0.1) is 0 Å². The van der Waals surface area contributed by atoms with Gasteiger partial charge in [0.05, 0.1) is 37.6 Å². The fourth-order valence-electron chi connectivity index (χ4n) is 4.31. The van der Waals surface area contributed by atoms with Crippen LogP contribution in [0.15, 0.2) is 78.9 Å². The van der Waals surface area contributed by atoms with Gasteiger partial charge in [0, 0.05) is 17.9 Å². The second-order valence-corrected chi connectivity index (χ2v) is 8.43. The van der Waals surface area contributed by atoms with Crippen molar-refractivity contribution >= 4 is 29.1 Å². The average molecular weight is 461 g/mol. The van der Waals surface area contributed by atoms with Gasteiger partial charge in [0.2, 0.25) is 0 Å². The third-order valence-electron chi connectivity index (χ3n) is 5.96. The van der Waals surface area contributed by atoms with Crippen LogP contribution in [0.25, 0.3) is 0 Å². The van der Waals surface area contributed by atoms with Crippen molar-refractivity contribution in [2.24, 2.45) is 0 Å². The molecule has 5 rings (SSSR count). The van der Waals surface area contributed by atoms with Crippen LogP contribution in [0.5, 0.6) is 0 Å². The van der Waals surface area contributed by atoms with Crippen molar-refractivity contribution in [1.29, 1.82) is 0 Å². The van der Waals surface area contributed by atoms with E-state index >= 15 is 0 Å². The number of nitrogens with one attached hydrogen (secondary N) is 1. The first-order valence-corrected chi connectivity index (χ1v) is 11.1. The van der Waals surface area contributed by atoms with E-state index in [9.17, 15) is 14.0 Å². The fourth-order valence-corrected chi connectivity index (χ4v) is 4.31. The van der Waals surface area contributed by atoms with Crippen LogP contribution in [0.1, 0.15) is 10.4 Å². The zero-order chi connectivity index (χ0) is 23.5. The maximum atomic E-state index is 13.6. The third-order valence-corrected chi connectivity index (χ3v) is 5.96. The molecule has 174 valence electrons. The van der Waals surface area contributed by atoms with E-state index in [1.54, 1.807) is 11.0 Å². The summed E-state index contributed by atoms with van der Waals surface area (Å²) in [6.07, 6.45) is -0.546. The molecule has 8 heteroatoms. The van der Waals surface area contributed by atoms with Crippen molar-refractivity contribution < 1.29 is 23.5 Å². The quantitative estimate of drug-likeness (QED) is 0.622. The number of rotatable bonds is 4. The van der Waals surface area contributed by atoms with E-state index in [1.807, 2.05) is 48.5 Å². The number of nitrogens with zero attached hydrogens (tertiary/aromatic N) is 2. The van der Waals surface area contributed by atoms with E-state index < -0.39 is 11.7 Å². The maximum Gasteiger partial charge on any atom is 0.415 e. The van der Waals surface area contributed by atoms with Gasteiger partial charge in [-0.25, -0.2) is 9.18 Å². The second kappa shape index (κ2) is 9.15. The molecule has 2 aliphatic heterocycles. The number of ether oxygens (including phenoxy) is 2. The molecule has 3 aromatic rings. The summed E-state index contributed by atoms with van der Waals surface area (Å²) in [6.45, 7) is 1.26. The van der Waals surface area contributed by atoms with Gasteiger partial charge in [0.1, 0.15) is 5.82 Å². The number of amides is 2. The largest absolute Gasteiger partial charge is 0.436 e. The summed E-state index contributed by atoms with van der Waals surface area (Å²) >= 11 is 0. The summed E-state index contributed by atoms with van der Waals surface area (Å²) < 4.78 is 24.9. The number of benzene rings is 3. The number of halogens is 1. The summed E-state index contributed by atoms with van der Waals surface area (Å²) in [7, 11) is 0. The molecule has 0 aliphatic carbocycles. The summed E-state index contributed by atoms with van der Waals surface area (Å²) in [4.78, 5) is 29.4. The van der Waals surface area contributed by atoms with Gasteiger partial charge in [0.25, 0.3) is 5.91 Å². The zero-order valence-corrected chi connectivity index (χ0v) is 18.4. The molecule has 0 bridgehead atoms. The molecule has 2 amide bonds. The monoisotopic (exact) mass is 461 g/mol. The second-order valence-electron chi connectivity index (χ2n) is 8.43. The van der Waals surface area contributed by atoms with Gasteiger partial charge in [-0.2, -0.15) is 0 Å². The number of hydrogen-bond donors (Lipinski definition) is 1. The Morgan fingerprint density at radius 1 is 0.941 bits per heavy atom. The normalized spacial score (nSPS) is 20.2. The number of carbonyl (C=O) groups excluding carboxylic acids is 2.